The van der Waals surface area contributed by atoms with Gasteiger partial charge in [0.2, 0.25) is 15.8 Å². The molecule has 0 radical (unpaired) electrons. The van der Waals surface area contributed by atoms with E-state index in [4.69, 9.17) is 9.52 Å². The van der Waals surface area contributed by atoms with Crippen LogP contribution in [0.5, 0.6) is 0 Å². The Morgan fingerprint density at radius 2 is 1.93 bits per heavy atom. The molecule has 0 saturated heterocycles. The van der Waals surface area contributed by atoms with Crippen molar-refractivity contribution in [3.8, 4) is 0 Å². The van der Waals surface area contributed by atoms with Crippen molar-refractivity contribution in [2.24, 2.45) is 0 Å². The number of benzene rings is 2. The minimum absolute atomic E-state index is 0.0177. The second-order valence-corrected chi connectivity index (χ2v) is 8.52. The molecule has 0 amide bonds. The number of halogens is 2. The maximum atomic E-state index is 13.4. The summed E-state index contributed by atoms with van der Waals surface area (Å²) in [5.74, 6) is -4.45. The number of carbonyl (C=O) groups is 1. The lowest BCUT2D eigenvalue weighted by atomic mass is 10.0. The van der Waals surface area contributed by atoms with E-state index < -0.39 is 21.9 Å². The molecule has 0 atom stereocenters. The van der Waals surface area contributed by atoms with Gasteiger partial charge in [-0.1, -0.05) is 18.2 Å². The smallest absolute Gasteiger partial charge is 0.372 e. The molecule has 2 aromatic carbocycles. The van der Waals surface area contributed by atoms with Crippen LogP contribution in [0.2, 0.25) is 0 Å². The van der Waals surface area contributed by atoms with E-state index in [-0.39, 0.29) is 34.8 Å². The van der Waals surface area contributed by atoms with Gasteiger partial charge in [-0.3, -0.25) is 0 Å². The van der Waals surface area contributed by atoms with Gasteiger partial charge in [0.25, 0.3) is 5.92 Å². The number of carboxylic acids is 1. The largest absolute Gasteiger partial charge is 0.475 e. The van der Waals surface area contributed by atoms with Crippen LogP contribution in [-0.2, 0) is 22.4 Å². The Balaban J connectivity index is 1.76. The fourth-order valence-corrected chi connectivity index (χ4v) is 4.04. The number of hydrogen-bond acceptors (Lipinski definition) is 4. The zero-order chi connectivity index (χ0) is 21.4. The van der Waals surface area contributed by atoms with Crippen molar-refractivity contribution < 1.29 is 31.5 Å². The minimum atomic E-state index is -3.88. The van der Waals surface area contributed by atoms with E-state index in [1.54, 1.807) is 6.07 Å². The summed E-state index contributed by atoms with van der Waals surface area (Å²) in [5, 5.41) is 9.51. The Morgan fingerprint density at radius 1 is 1.21 bits per heavy atom. The van der Waals surface area contributed by atoms with E-state index in [9.17, 15) is 22.0 Å². The number of hydrogen-bond donors (Lipinski definition) is 2. The average Bonchev–Trinajstić information content (AvgIpc) is 2.98. The zero-order valence-corrected chi connectivity index (χ0v) is 16.5. The fraction of sp³-hybridized carbons (Fsp3) is 0.250. The van der Waals surface area contributed by atoms with Crippen molar-refractivity contribution in [3.05, 3.63) is 64.9 Å². The average molecular weight is 423 g/mol. The van der Waals surface area contributed by atoms with Crippen LogP contribution in [-0.4, -0.2) is 26.0 Å². The number of nitrogens with one attached hydrogen (secondary N) is 1. The predicted octanol–water partition coefficient (Wildman–Crippen LogP) is 4.07. The molecule has 0 unspecified atom stereocenters. The first-order valence-electron chi connectivity index (χ1n) is 8.72. The second kappa shape index (κ2) is 7.57. The second-order valence-electron chi connectivity index (χ2n) is 6.76. The number of aromatic carboxylic acids is 1. The van der Waals surface area contributed by atoms with Gasteiger partial charge in [0.05, 0.1) is 4.90 Å². The van der Waals surface area contributed by atoms with Crippen molar-refractivity contribution in [1.82, 2.24) is 4.72 Å². The van der Waals surface area contributed by atoms with Gasteiger partial charge in [0, 0.05) is 30.0 Å². The van der Waals surface area contributed by atoms with E-state index in [0.717, 1.165) is 6.92 Å². The molecule has 0 aliphatic rings. The van der Waals surface area contributed by atoms with Crippen LogP contribution in [0.25, 0.3) is 11.0 Å². The van der Waals surface area contributed by atoms with Gasteiger partial charge in [-0.15, -0.1) is 0 Å². The molecule has 0 spiro atoms. The standard InChI is InChI=1S/C20H19F2NO5S/c1-12-16-11-15(6-7-17(16)28-18(12)19(24)25)29(26,27)23-9-8-13-4-3-5-14(10-13)20(2,21)22/h3-7,10-11,23H,8-9H2,1-2H3,(H,24,25). The van der Waals surface area contributed by atoms with Crippen molar-refractivity contribution >= 4 is 27.0 Å². The molecule has 3 rings (SSSR count). The minimum Gasteiger partial charge on any atom is -0.475 e. The number of fused-ring (bicyclic) bond motifs is 1. The van der Waals surface area contributed by atoms with E-state index in [1.807, 2.05) is 0 Å². The molecular formula is C20H19F2NO5S. The van der Waals surface area contributed by atoms with Crippen LogP contribution in [0.3, 0.4) is 0 Å². The van der Waals surface area contributed by atoms with E-state index in [2.05, 4.69) is 4.72 Å². The van der Waals surface area contributed by atoms with Crippen LogP contribution >= 0.6 is 0 Å². The summed E-state index contributed by atoms with van der Waals surface area (Å²) in [4.78, 5) is 11.1. The molecule has 0 saturated carbocycles. The normalized spacial score (nSPS) is 12.4. The molecule has 0 aliphatic heterocycles. The molecule has 3 aromatic rings. The highest BCUT2D eigenvalue weighted by Crippen LogP contribution is 2.28. The summed E-state index contributed by atoms with van der Waals surface area (Å²) in [6.45, 7) is 2.36. The number of rotatable bonds is 7. The van der Waals surface area contributed by atoms with Crippen LogP contribution in [0, 0.1) is 6.92 Å². The highest BCUT2D eigenvalue weighted by atomic mass is 32.2. The van der Waals surface area contributed by atoms with Gasteiger partial charge in [-0.05, 0) is 43.2 Å². The first kappa shape index (κ1) is 20.9. The summed E-state index contributed by atoms with van der Waals surface area (Å²) in [6.07, 6.45) is 0.235. The summed E-state index contributed by atoms with van der Waals surface area (Å²) >= 11 is 0. The van der Waals surface area contributed by atoms with Crippen molar-refractivity contribution in [1.29, 1.82) is 0 Å². The first-order valence-corrected chi connectivity index (χ1v) is 10.2. The highest BCUT2D eigenvalue weighted by Gasteiger charge is 2.24. The molecule has 29 heavy (non-hydrogen) atoms. The predicted molar refractivity (Wildman–Crippen MR) is 103 cm³/mol. The summed E-state index contributed by atoms with van der Waals surface area (Å²) in [6, 6.07) is 9.89. The van der Waals surface area contributed by atoms with E-state index >= 15 is 0 Å². The first-order chi connectivity index (χ1) is 13.5. The Kier molecular flexibility index (Phi) is 5.46. The Hall–Kier alpha value is -2.78. The zero-order valence-electron chi connectivity index (χ0n) is 15.7. The molecule has 6 nitrogen and oxygen atoms in total. The van der Waals surface area contributed by atoms with Crippen LogP contribution in [0.15, 0.2) is 51.8 Å². The fourth-order valence-electron chi connectivity index (χ4n) is 2.98. The van der Waals surface area contributed by atoms with Crippen molar-refractivity contribution in [2.75, 3.05) is 6.54 Å². The van der Waals surface area contributed by atoms with Gasteiger partial charge in [0.15, 0.2) is 0 Å². The summed E-state index contributed by atoms with van der Waals surface area (Å²) in [7, 11) is -3.88. The molecule has 1 heterocycles. The van der Waals surface area contributed by atoms with Crippen molar-refractivity contribution in [2.45, 2.75) is 31.1 Å². The summed E-state index contributed by atoms with van der Waals surface area (Å²) < 4.78 is 59.6. The molecule has 0 aliphatic carbocycles. The van der Waals surface area contributed by atoms with Crippen molar-refractivity contribution in [3.63, 3.8) is 0 Å². The number of carboxylic acid groups (broad SMARTS) is 1. The lowest BCUT2D eigenvalue weighted by Gasteiger charge is -2.12. The molecule has 154 valence electrons. The topological polar surface area (TPSA) is 96.6 Å². The maximum Gasteiger partial charge on any atom is 0.372 e. The number of furan rings is 1. The van der Waals surface area contributed by atoms with Crippen LogP contribution in [0.4, 0.5) is 8.78 Å². The Morgan fingerprint density at radius 3 is 2.59 bits per heavy atom. The maximum absolute atomic E-state index is 13.4. The quantitative estimate of drug-likeness (QED) is 0.597. The van der Waals surface area contributed by atoms with E-state index in [1.165, 1.54) is 43.3 Å². The molecule has 0 fully saturated rings. The summed E-state index contributed by atoms with van der Waals surface area (Å²) in [5.41, 5.74) is 1.06. The molecule has 0 bridgehead atoms. The third-order valence-corrected chi connectivity index (χ3v) is 6.01. The lowest BCUT2D eigenvalue weighted by Crippen LogP contribution is -2.26. The van der Waals surface area contributed by atoms with Gasteiger partial charge < -0.3 is 9.52 Å². The number of aryl methyl sites for hydroxylation is 1. The number of sulfonamides is 1. The molecule has 9 heteroatoms. The van der Waals surface area contributed by atoms with Gasteiger partial charge >= 0.3 is 5.97 Å². The van der Waals surface area contributed by atoms with Gasteiger partial charge in [-0.2, -0.15) is 0 Å². The lowest BCUT2D eigenvalue weighted by molar-refractivity contribution is 0.0174. The van der Waals surface area contributed by atoms with Gasteiger partial charge in [0.1, 0.15) is 5.58 Å². The molecule has 2 N–H and O–H groups in total. The van der Waals surface area contributed by atoms with Crippen LogP contribution in [0.1, 0.15) is 34.2 Å². The Labute approximate surface area is 166 Å². The third-order valence-electron chi connectivity index (χ3n) is 4.55. The molecular weight excluding hydrogens is 404 g/mol. The Bertz CT molecular complexity index is 1180. The SMILES string of the molecule is Cc1c(C(=O)O)oc2ccc(S(=O)(=O)NCCc3cccc(C(C)(F)F)c3)cc12. The third kappa shape index (κ3) is 4.46. The molecule has 1 aromatic heterocycles. The van der Waals surface area contributed by atoms with Gasteiger partial charge in [-0.25, -0.2) is 26.7 Å². The highest BCUT2D eigenvalue weighted by molar-refractivity contribution is 7.89. The number of alkyl halides is 2. The van der Waals surface area contributed by atoms with Crippen LogP contribution < -0.4 is 4.72 Å². The monoisotopic (exact) mass is 423 g/mol. The van der Waals surface area contributed by atoms with E-state index in [0.29, 0.717) is 16.5 Å².